The van der Waals surface area contributed by atoms with Gasteiger partial charge in [-0.2, -0.15) is 0 Å². The molecule has 0 radical (unpaired) electrons. The van der Waals surface area contributed by atoms with E-state index in [1.165, 1.54) is 0 Å². The molecule has 8 heteroatoms. The van der Waals surface area contributed by atoms with Crippen molar-refractivity contribution in [3.05, 3.63) is 72.6 Å². The van der Waals surface area contributed by atoms with Gasteiger partial charge >= 0.3 is 0 Å². The highest BCUT2D eigenvalue weighted by Gasteiger charge is 2.26. The Bertz CT molecular complexity index is 1080. The Morgan fingerprint density at radius 2 is 1.57 bits per heavy atom. The molecule has 1 fully saturated rings. The van der Waals surface area contributed by atoms with Crippen molar-refractivity contribution in [1.82, 2.24) is 9.97 Å². The van der Waals surface area contributed by atoms with Crippen LogP contribution in [0.5, 0.6) is 0 Å². The molecule has 3 aromatic rings. The zero-order valence-corrected chi connectivity index (χ0v) is 17.7. The van der Waals surface area contributed by atoms with E-state index in [1.54, 1.807) is 36.7 Å². The molecule has 4 rings (SSSR count). The molecule has 156 valence electrons. The normalized spacial score (nSPS) is 14.6. The molecular weight excluding hydrogens is 398 g/mol. The third-order valence-corrected chi connectivity index (χ3v) is 6.61. The van der Waals surface area contributed by atoms with Gasteiger partial charge in [0.1, 0.15) is 16.5 Å². The maximum Gasteiger partial charge on any atom is 0.265 e. The summed E-state index contributed by atoms with van der Waals surface area (Å²) in [7, 11) is -3.76. The van der Waals surface area contributed by atoms with E-state index in [1.807, 2.05) is 35.2 Å². The van der Waals surface area contributed by atoms with E-state index in [0.29, 0.717) is 24.6 Å². The molecule has 0 aliphatic carbocycles. The molecule has 0 spiro atoms. The summed E-state index contributed by atoms with van der Waals surface area (Å²) in [6, 6.07) is 16.6. The van der Waals surface area contributed by atoms with E-state index in [9.17, 15) is 8.42 Å². The van der Waals surface area contributed by atoms with Crippen molar-refractivity contribution >= 4 is 27.3 Å². The first-order valence-electron chi connectivity index (χ1n) is 10.0. The Morgan fingerprint density at radius 3 is 2.23 bits per heavy atom. The van der Waals surface area contributed by atoms with Crippen molar-refractivity contribution in [2.75, 3.05) is 40.7 Å². The van der Waals surface area contributed by atoms with Crippen LogP contribution in [0.3, 0.4) is 0 Å². The summed E-state index contributed by atoms with van der Waals surface area (Å²) in [5.41, 5.74) is 1.70. The number of nitrogens with one attached hydrogen (secondary N) is 1. The number of hydrogen-bond acceptors (Lipinski definition) is 6. The van der Waals surface area contributed by atoms with Crippen LogP contribution in [0.2, 0.25) is 0 Å². The van der Waals surface area contributed by atoms with Gasteiger partial charge in [0.05, 0.1) is 0 Å². The Hall–Kier alpha value is -3.13. The van der Waals surface area contributed by atoms with Crippen LogP contribution in [0.15, 0.2) is 71.9 Å². The number of benzene rings is 1. The molecule has 30 heavy (non-hydrogen) atoms. The topological polar surface area (TPSA) is 78.4 Å². The highest BCUT2D eigenvalue weighted by molar-refractivity contribution is 7.92. The van der Waals surface area contributed by atoms with Crippen LogP contribution in [-0.2, 0) is 16.4 Å². The predicted molar refractivity (Wildman–Crippen MR) is 120 cm³/mol. The molecule has 1 N–H and O–H groups in total. The van der Waals surface area contributed by atoms with Gasteiger partial charge in [-0.3, -0.25) is 4.72 Å². The van der Waals surface area contributed by atoms with Gasteiger partial charge in [0.25, 0.3) is 10.0 Å². The lowest BCUT2D eigenvalue weighted by molar-refractivity contribution is 0.597. The molecule has 1 aliphatic heterocycles. The second-order valence-corrected chi connectivity index (χ2v) is 8.79. The molecule has 1 aliphatic rings. The molecule has 1 saturated heterocycles. The standard InChI is InChI=1S/C22H25N5O2S/c1-2-18-8-10-19(11-9-18)25-30(28,29)20-6-5-13-24-22(20)27-16-14-26(15-17-27)21-7-3-4-12-23-21/h3-13,25H,2,14-17H2,1H3. The maximum atomic E-state index is 13.1. The first-order valence-corrected chi connectivity index (χ1v) is 11.5. The van der Waals surface area contributed by atoms with E-state index >= 15 is 0 Å². The average Bonchev–Trinajstić information content (AvgIpc) is 2.80. The Labute approximate surface area is 177 Å². The molecular formula is C22H25N5O2S. The minimum absolute atomic E-state index is 0.191. The van der Waals surface area contributed by atoms with Crippen molar-refractivity contribution < 1.29 is 8.42 Å². The molecule has 3 heterocycles. The van der Waals surface area contributed by atoms with E-state index in [2.05, 4.69) is 26.5 Å². The minimum Gasteiger partial charge on any atom is -0.353 e. The molecule has 0 saturated carbocycles. The van der Waals surface area contributed by atoms with Gasteiger partial charge in [0.15, 0.2) is 0 Å². The first-order chi connectivity index (χ1) is 14.6. The van der Waals surface area contributed by atoms with Crippen molar-refractivity contribution in [2.24, 2.45) is 0 Å². The van der Waals surface area contributed by atoms with Crippen molar-refractivity contribution in [1.29, 1.82) is 0 Å². The summed E-state index contributed by atoms with van der Waals surface area (Å²) in [6.07, 6.45) is 4.32. The van der Waals surface area contributed by atoms with Crippen molar-refractivity contribution in [3.63, 3.8) is 0 Å². The third kappa shape index (κ3) is 4.38. The summed E-state index contributed by atoms with van der Waals surface area (Å²) < 4.78 is 28.9. The second kappa shape index (κ2) is 8.71. The van der Waals surface area contributed by atoms with E-state index in [4.69, 9.17) is 0 Å². The number of sulfonamides is 1. The van der Waals surface area contributed by atoms with Crippen LogP contribution in [0.4, 0.5) is 17.3 Å². The van der Waals surface area contributed by atoms with Crippen LogP contribution in [-0.4, -0.2) is 44.6 Å². The molecule has 0 atom stereocenters. The van der Waals surface area contributed by atoms with Gasteiger partial charge in [0, 0.05) is 44.3 Å². The Kier molecular flexibility index (Phi) is 5.85. The highest BCUT2D eigenvalue weighted by Crippen LogP contribution is 2.26. The van der Waals surface area contributed by atoms with Crippen LogP contribution >= 0.6 is 0 Å². The quantitative estimate of drug-likeness (QED) is 0.656. The Morgan fingerprint density at radius 1 is 0.867 bits per heavy atom. The molecule has 0 unspecified atom stereocenters. The zero-order valence-electron chi connectivity index (χ0n) is 16.9. The fraction of sp³-hybridized carbons (Fsp3) is 0.273. The predicted octanol–water partition coefficient (Wildman–Crippen LogP) is 3.17. The largest absolute Gasteiger partial charge is 0.353 e. The summed E-state index contributed by atoms with van der Waals surface area (Å²) >= 11 is 0. The van der Waals surface area contributed by atoms with Gasteiger partial charge in [-0.1, -0.05) is 25.1 Å². The van der Waals surface area contributed by atoms with E-state index in [-0.39, 0.29) is 4.90 Å². The maximum absolute atomic E-state index is 13.1. The van der Waals surface area contributed by atoms with Gasteiger partial charge < -0.3 is 9.80 Å². The number of hydrogen-bond donors (Lipinski definition) is 1. The summed E-state index contributed by atoms with van der Waals surface area (Å²) in [4.78, 5) is 13.2. The van der Waals surface area contributed by atoms with Crippen LogP contribution in [0.1, 0.15) is 12.5 Å². The lowest BCUT2D eigenvalue weighted by atomic mass is 10.2. The van der Waals surface area contributed by atoms with Crippen molar-refractivity contribution in [2.45, 2.75) is 18.2 Å². The fourth-order valence-corrected chi connectivity index (χ4v) is 4.77. The van der Waals surface area contributed by atoms with E-state index in [0.717, 1.165) is 30.9 Å². The first kappa shape index (κ1) is 20.2. The molecule has 0 amide bonds. The van der Waals surface area contributed by atoms with Crippen LogP contribution < -0.4 is 14.5 Å². The van der Waals surface area contributed by atoms with Gasteiger partial charge in [0.2, 0.25) is 0 Å². The number of anilines is 3. The van der Waals surface area contributed by atoms with E-state index < -0.39 is 10.0 Å². The number of pyridine rings is 2. The third-order valence-electron chi connectivity index (χ3n) is 5.21. The van der Waals surface area contributed by atoms with Gasteiger partial charge in [-0.05, 0) is 48.4 Å². The second-order valence-electron chi connectivity index (χ2n) is 7.14. The molecule has 2 aromatic heterocycles. The zero-order chi connectivity index (χ0) is 21.0. The summed E-state index contributed by atoms with van der Waals surface area (Å²) in [6.45, 7) is 4.90. The summed E-state index contributed by atoms with van der Waals surface area (Å²) in [5, 5.41) is 0. The number of nitrogens with zero attached hydrogens (tertiary/aromatic N) is 4. The Balaban J connectivity index is 1.52. The fourth-order valence-electron chi connectivity index (χ4n) is 3.54. The smallest absolute Gasteiger partial charge is 0.265 e. The lowest BCUT2D eigenvalue weighted by Crippen LogP contribution is -2.47. The number of aromatic nitrogens is 2. The van der Waals surface area contributed by atoms with Crippen LogP contribution in [0.25, 0.3) is 0 Å². The van der Waals surface area contributed by atoms with Crippen molar-refractivity contribution in [3.8, 4) is 0 Å². The molecule has 0 bridgehead atoms. The number of rotatable bonds is 6. The van der Waals surface area contributed by atoms with Gasteiger partial charge in [-0.15, -0.1) is 0 Å². The van der Waals surface area contributed by atoms with Crippen LogP contribution in [0, 0.1) is 0 Å². The lowest BCUT2D eigenvalue weighted by Gasteiger charge is -2.36. The monoisotopic (exact) mass is 423 g/mol. The highest BCUT2D eigenvalue weighted by atomic mass is 32.2. The molecule has 7 nitrogen and oxygen atoms in total. The number of aryl methyl sites for hydroxylation is 1. The summed E-state index contributed by atoms with van der Waals surface area (Å²) in [5.74, 6) is 1.42. The minimum atomic E-state index is -3.76. The number of piperazine rings is 1. The average molecular weight is 424 g/mol. The molecule has 1 aromatic carbocycles. The SMILES string of the molecule is CCc1ccc(NS(=O)(=O)c2cccnc2N2CCN(c3ccccn3)CC2)cc1. The van der Waals surface area contributed by atoms with Gasteiger partial charge in [-0.25, -0.2) is 18.4 Å².